The molecule has 1 saturated carbocycles. The lowest BCUT2D eigenvalue weighted by Crippen LogP contribution is -2.37. The summed E-state index contributed by atoms with van der Waals surface area (Å²) in [5.41, 5.74) is 0.109. The second-order valence-electron chi connectivity index (χ2n) is 4.40. The van der Waals surface area contributed by atoms with Gasteiger partial charge < -0.3 is 4.90 Å². The second kappa shape index (κ2) is 4.31. The molecule has 0 aromatic heterocycles. The summed E-state index contributed by atoms with van der Waals surface area (Å²) in [4.78, 5) is 2.30. The normalized spacial score (nSPS) is 19.9. The van der Waals surface area contributed by atoms with Gasteiger partial charge in [-0.1, -0.05) is 15.9 Å². The Morgan fingerprint density at radius 3 is 2.67 bits per heavy atom. The number of halogens is 4. The summed E-state index contributed by atoms with van der Waals surface area (Å²) in [7, 11) is 0. The molecule has 0 atom stereocenters. The minimum Gasteiger partial charge on any atom is -0.354 e. The first-order chi connectivity index (χ1) is 8.47. The van der Waals surface area contributed by atoms with Crippen LogP contribution in [-0.2, 0) is 6.18 Å². The SMILES string of the molecule is FC(F)(F)c1cc(Br)cc2c1SNCN2C1CC1. The van der Waals surface area contributed by atoms with E-state index < -0.39 is 11.7 Å². The largest absolute Gasteiger partial charge is 0.417 e. The van der Waals surface area contributed by atoms with Crippen LogP contribution in [0.5, 0.6) is 0 Å². The smallest absolute Gasteiger partial charge is 0.354 e. The van der Waals surface area contributed by atoms with E-state index in [1.54, 1.807) is 6.07 Å². The molecular formula is C11H10BrF3N2S. The maximum Gasteiger partial charge on any atom is 0.417 e. The van der Waals surface area contributed by atoms with Crippen LogP contribution in [0, 0.1) is 0 Å². The van der Waals surface area contributed by atoms with Gasteiger partial charge in [-0.3, -0.25) is 0 Å². The van der Waals surface area contributed by atoms with Gasteiger partial charge in [0.05, 0.1) is 22.8 Å². The third-order valence-corrected chi connectivity index (χ3v) is 4.41. The summed E-state index contributed by atoms with van der Waals surface area (Å²) in [6.45, 7) is 0.593. The summed E-state index contributed by atoms with van der Waals surface area (Å²) < 4.78 is 42.5. The van der Waals surface area contributed by atoms with Crippen LogP contribution in [0.25, 0.3) is 0 Å². The van der Waals surface area contributed by atoms with Crippen LogP contribution in [-0.4, -0.2) is 12.7 Å². The fourth-order valence-electron chi connectivity index (χ4n) is 2.08. The third-order valence-electron chi connectivity index (χ3n) is 3.05. The van der Waals surface area contributed by atoms with Crippen molar-refractivity contribution in [3.8, 4) is 0 Å². The fraction of sp³-hybridized carbons (Fsp3) is 0.455. The lowest BCUT2D eigenvalue weighted by molar-refractivity contribution is -0.139. The predicted molar refractivity (Wildman–Crippen MR) is 68.5 cm³/mol. The topological polar surface area (TPSA) is 15.3 Å². The molecule has 7 heteroatoms. The Hall–Kier alpha value is -0.400. The number of rotatable bonds is 1. The maximum absolute atomic E-state index is 13.0. The van der Waals surface area contributed by atoms with Gasteiger partial charge >= 0.3 is 6.18 Å². The number of nitrogens with one attached hydrogen (secondary N) is 1. The van der Waals surface area contributed by atoms with Gasteiger partial charge in [0, 0.05) is 10.5 Å². The van der Waals surface area contributed by atoms with Gasteiger partial charge in [-0.05, 0) is 36.9 Å². The predicted octanol–water partition coefficient (Wildman–Crippen LogP) is 4.00. The van der Waals surface area contributed by atoms with Crippen LogP contribution in [0.15, 0.2) is 21.5 Å². The van der Waals surface area contributed by atoms with E-state index in [1.807, 2.05) is 4.90 Å². The zero-order valence-corrected chi connectivity index (χ0v) is 11.6. The zero-order chi connectivity index (χ0) is 12.9. The zero-order valence-electron chi connectivity index (χ0n) is 9.22. The number of hydrogen-bond acceptors (Lipinski definition) is 3. The van der Waals surface area contributed by atoms with Gasteiger partial charge in [-0.25, -0.2) is 4.72 Å². The van der Waals surface area contributed by atoms with E-state index in [1.165, 1.54) is 0 Å². The average molecular weight is 339 g/mol. The van der Waals surface area contributed by atoms with Crippen molar-refractivity contribution in [3.05, 3.63) is 22.2 Å². The van der Waals surface area contributed by atoms with Crippen molar-refractivity contribution in [1.82, 2.24) is 4.72 Å². The first kappa shape index (κ1) is 12.6. The molecule has 1 heterocycles. The van der Waals surface area contributed by atoms with E-state index in [9.17, 15) is 13.2 Å². The van der Waals surface area contributed by atoms with E-state index in [2.05, 4.69) is 20.7 Å². The molecular weight excluding hydrogens is 329 g/mol. The number of anilines is 1. The third kappa shape index (κ3) is 2.23. The molecule has 1 fully saturated rings. The van der Waals surface area contributed by atoms with Gasteiger partial charge in [-0.15, -0.1) is 0 Å². The van der Waals surface area contributed by atoms with Crippen LogP contribution >= 0.6 is 27.9 Å². The number of nitrogens with zero attached hydrogens (tertiary/aromatic N) is 1. The van der Waals surface area contributed by atoms with E-state index in [4.69, 9.17) is 0 Å². The maximum atomic E-state index is 13.0. The van der Waals surface area contributed by atoms with Crippen molar-refractivity contribution in [2.45, 2.75) is 30.0 Å². The van der Waals surface area contributed by atoms with E-state index in [0.717, 1.165) is 30.9 Å². The number of fused-ring (bicyclic) bond motifs is 1. The summed E-state index contributed by atoms with van der Waals surface area (Å²) in [5.74, 6) is 0. The standard InChI is InChI=1S/C11H10BrF3N2S/c12-6-3-8(11(13,14)15)10-9(4-6)17(5-16-18-10)7-1-2-7/h3-4,7,16H,1-2,5H2. The molecule has 0 unspecified atom stereocenters. The molecule has 98 valence electrons. The molecule has 2 nitrogen and oxygen atoms in total. The molecule has 2 aliphatic rings. The fourth-order valence-corrected chi connectivity index (χ4v) is 3.44. The van der Waals surface area contributed by atoms with Crippen LogP contribution in [0.4, 0.5) is 18.9 Å². The lowest BCUT2D eigenvalue weighted by atomic mass is 10.1. The van der Waals surface area contributed by atoms with Crippen molar-refractivity contribution >= 4 is 33.6 Å². The highest BCUT2D eigenvalue weighted by atomic mass is 79.9. The van der Waals surface area contributed by atoms with Gasteiger partial charge in [0.15, 0.2) is 0 Å². The molecule has 0 amide bonds. The van der Waals surface area contributed by atoms with Crippen molar-refractivity contribution in [1.29, 1.82) is 0 Å². The summed E-state index contributed by atoms with van der Waals surface area (Å²) in [6, 6.07) is 3.30. The van der Waals surface area contributed by atoms with Gasteiger partial charge in [0.2, 0.25) is 0 Å². The second-order valence-corrected chi connectivity index (χ2v) is 6.22. The molecule has 1 N–H and O–H groups in total. The monoisotopic (exact) mass is 338 g/mol. The quantitative estimate of drug-likeness (QED) is 0.779. The Kier molecular flexibility index (Phi) is 3.03. The van der Waals surface area contributed by atoms with E-state index >= 15 is 0 Å². The molecule has 0 radical (unpaired) electrons. The van der Waals surface area contributed by atoms with Crippen LogP contribution < -0.4 is 9.62 Å². The summed E-state index contributed by atoms with van der Waals surface area (Å²) in [6.07, 6.45) is -2.21. The molecule has 0 saturated heterocycles. The summed E-state index contributed by atoms with van der Waals surface area (Å²) in [5, 5.41) is 0. The molecule has 1 aromatic carbocycles. The van der Waals surface area contributed by atoms with Crippen molar-refractivity contribution < 1.29 is 13.2 Å². The first-order valence-electron chi connectivity index (χ1n) is 5.54. The van der Waals surface area contributed by atoms with E-state index in [0.29, 0.717) is 22.9 Å². The molecule has 0 bridgehead atoms. The molecule has 0 spiro atoms. The van der Waals surface area contributed by atoms with Crippen molar-refractivity contribution in [2.24, 2.45) is 0 Å². The highest BCUT2D eigenvalue weighted by Gasteiger charge is 2.39. The highest BCUT2D eigenvalue weighted by Crippen LogP contribution is 2.46. The minimum atomic E-state index is -4.32. The first-order valence-corrected chi connectivity index (χ1v) is 7.15. The molecule has 3 rings (SSSR count). The van der Waals surface area contributed by atoms with Crippen LogP contribution in [0.2, 0.25) is 0 Å². The highest BCUT2D eigenvalue weighted by molar-refractivity contribution is 9.10. The Morgan fingerprint density at radius 2 is 2.06 bits per heavy atom. The Bertz CT molecular complexity index is 488. The molecule has 1 aromatic rings. The Morgan fingerprint density at radius 1 is 1.33 bits per heavy atom. The van der Waals surface area contributed by atoms with Gasteiger partial charge in [-0.2, -0.15) is 13.2 Å². The molecule has 18 heavy (non-hydrogen) atoms. The molecule has 1 aliphatic carbocycles. The number of hydrogen-bond donors (Lipinski definition) is 1. The van der Waals surface area contributed by atoms with Gasteiger partial charge in [0.1, 0.15) is 0 Å². The summed E-state index contributed by atoms with van der Waals surface area (Å²) >= 11 is 4.24. The number of alkyl halides is 3. The van der Waals surface area contributed by atoms with Gasteiger partial charge in [0.25, 0.3) is 0 Å². The van der Waals surface area contributed by atoms with E-state index in [-0.39, 0.29) is 4.90 Å². The average Bonchev–Trinajstić information content (AvgIpc) is 3.09. The molecule has 1 aliphatic heterocycles. The Labute approximate surface area is 115 Å². The van der Waals surface area contributed by atoms with Crippen LogP contribution in [0.1, 0.15) is 18.4 Å². The lowest BCUT2D eigenvalue weighted by Gasteiger charge is -2.33. The number of benzene rings is 1. The Balaban J connectivity index is 2.12. The van der Waals surface area contributed by atoms with Crippen LogP contribution in [0.3, 0.4) is 0 Å². The van der Waals surface area contributed by atoms with Crippen molar-refractivity contribution in [3.63, 3.8) is 0 Å². The minimum absolute atomic E-state index is 0.281. The van der Waals surface area contributed by atoms with Crippen molar-refractivity contribution in [2.75, 3.05) is 11.6 Å².